The molecular weight excluding hydrogens is 203 g/mol. The average molecular weight is 217 g/mol. The first-order valence-electron chi connectivity index (χ1n) is 4.64. The predicted molar refractivity (Wildman–Crippen MR) is 52.7 cm³/mol. The SMILES string of the molecule is CC(C)(C)C(N)c1c(F)ccc(F)c1F. The molecule has 0 amide bonds. The van der Waals surface area contributed by atoms with Crippen molar-refractivity contribution < 1.29 is 13.2 Å². The molecule has 0 fully saturated rings. The van der Waals surface area contributed by atoms with Crippen LogP contribution in [0.1, 0.15) is 32.4 Å². The molecule has 0 saturated heterocycles. The van der Waals surface area contributed by atoms with Crippen LogP contribution >= 0.6 is 0 Å². The molecule has 0 spiro atoms. The number of hydrogen-bond acceptors (Lipinski definition) is 1. The van der Waals surface area contributed by atoms with E-state index < -0.39 is 28.9 Å². The lowest BCUT2D eigenvalue weighted by Gasteiger charge is -2.27. The molecule has 4 heteroatoms. The fraction of sp³-hybridized carbons (Fsp3) is 0.455. The highest BCUT2D eigenvalue weighted by Gasteiger charge is 2.29. The van der Waals surface area contributed by atoms with Gasteiger partial charge in [-0.25, -0.2) is 13.2 Å². The van der Waals surface area contributed by atoms with E-state index in [-0.39, 0.29) is 5.56 Å². The Morgan fingerprint density at radius 3 is 2.00 bits per heavy atom. The van der Waals surface area contributed by atoms with Gasteiger partial charge in [0.2, 0.25) is 0 Å². The minimum atomic E-state index is -1.20. The Bertz CT molecular complexity index is 369. The van der Waals surface area contributed by atoms with Crippen molar-refractivity contribution in [2.75, 3.05) is 0 Å². The summed E-state index contributed by atoms with van der Waals surface area (Å²) in [5, 5.41) is 0. The Morgan fingerprint density at radius 2 is 1.53 bits per heavy atom. The fourth-order valence-electron chi connectivity index (χ4n) is 1.26. The Morgan fingerprint density at radius 1 is 1.07 bits per heavy atom. The van der Waals surface area contributed by atoms with Crippen molar-refractivity contribution >= 4 is 0 Å². The Balaban J connectivity index is 3.31. The zero-order valence-electron chi connectivity index (χ0n) is 8.94. The lowest BCUT2D eigenvalue weighted by atomic mass is 9.82. The molecular formula is C11H14F3N. The molecule has 0 saturated carbocycles. The number of halogens is 3. The minimum absolute atomic E-state index is 0.387. The van der Waals surface area contributed by atoms with Gasteiger partial charge in [0, 0.05) is 11.6 Å². The van der Waals surface area contributed by atoms with Gasteiger partial charge in [-0.15, -0.1) is 0 Å². The van der Waals surface area contributed by atoms with Crippen LogP contribution in [-0.4, -0.2) is 0 Å². The maximum Gasteiger partial charge on any atom is 0.166 e. The molecule has 0 radical (unpaired) electrons. The average Bonchev–Trinajstić information content (AvgIpc) is 2.10. The maximum absolute atomic E-state index is 13.3. The first-order chi connectivity index (χ1) is 6.75. The van der Waals surface area contributed by atoms with Crippen LogP contribution in [0.25, 0.3) is 0 Å². The summed E-state index contributed by atoms with van der Waals surface area (Å²) in [6, 6.07) is 0.760. The number of nitrogens with two attached hydrogens (primary N) is 1. The highest BCUT2D eigenvalue weighted by atomic mass is 19.2. The van der Waals surface area contributed by atoms with Gasteiger partial charge in [0.25, 0.3) is 0 Å². The van der Waals surface area contributed by atoms with E-state index in [2.05, 4.69) is 0 Å². The van der Waals surface area contributed by atoms with Crippen LogP contribution < -0.4 is 5.73 Å². The predicted octanol–water partition coefficient (Wildman–Crippen LogP) is 3.15. The van der Waals surface area contributed by atoms with E-state index in [1.54, 1.807) is 20.8 Å². The van der Waals surface area contributed by atoms with Gasteiger partial charge in [0.15, 0.2) is 11.6 Å². The van der Waals surface area contributed by atoms with E-state index in [1.165, 1.54) is 0 Å². The molecule has 84 valence electrons. The summed E-state index contributed by atoms with van der Waals surface area (Å²) < 4.78 is 39.6. The number of hydrogen-bond donors (Lipinski definition) is 1. The van der Waals surface area contributed by atoms with Gasteiger partial charge in [-0.05, 0) is 17.5 Å². The molecule has 0 aliphatic rings. The highest BCUT2D eigenvalue weighted by molar-refractivity contribution is 5.25. The monoisotopic (exact) mass is 217 g/mol. The standard InChI is InChI=1S/C11H14F3N/c1-11(2,3)10(15)8-6(12)4-5-7(13)9(8)14/h4-5,10H,15H2,1-3H3. The molecule has 1 nitrogen and oxygen atoms in total. The van der Waals surface area contributed by atoms with E-state index in [4.69, 9.17) is 5.73 Å². The lowest BCUT2D eigenvalue weighted by Crippen LogP contribution is -2.28. The summed E-state index contributed by atoms with van der Waals surface area (Å²) in [7, 11) is 0. The van der Waals surface area contributed by atoms with Crippen molar-refractivity contribution in [1.29, 1.82) is 0 Å². The molecule has 0 aliphatic carbocycles. The second-order valence-electron chi connectivity index (χ2n) is 4.60. The van der Waals surface area contributed by atoms with Crippen LogP contribution in [0.2, 0.25) is 0 Å². The van der Waals surface area contributed by atoms with Crippen LogP contribution in [0.15, 0.2) is 12.1 Å². The van der Waals surface area contributed by atoms with Gasteiger partial charge in [-0.1, -0.05) is 20.8 Å². The third-order valence-corrected chi connectivity index (χ3v) is 2.32. The third-order valence-electron chi connectivity index (χ3n) is 2.32. The molecule has 0 aromatic heterocycles. The summed E-state index contributed by atoms with van der Waals surface area (Å²) in [6.07, 6.45) is 0. The minimum Gasteiger partial charge on any atom is -0.323 e. The van der Waals surface area contributed by atoms with Crippen molar-refractivity contribution in [2.45, 2.75) is 26.8 Å². The van der Waals surface area contributed by atoms with Crippen molar-refractivity contribution in [2.24, 2.45) is 11.1 Å². The van der Waals surface area contributed by atoms with Crippen molar-refractivity contribution in [3.8, 4) is 0 Å². The molecule has 1 atom stereocenters. The summed E-state index contributed by atoms with van der Waals surface area (Å²) in [5.74, 6) is -3.08. The summed E-state index contributed by atoms with van der Waals surface area (Å²) >= 11 is 0. The lowest BCUT2D eigenvalue weighted by molar-refractivity contribution is 0.306. The molecule has 1 aromatic carbocycles. The third kappa shape index (κ3) is 2.31. The van der Waals surface area contributed by atoms with E-state index in [0.717, 1.165) is 12.1 Å². The largest absolute Gasteiger partial charge is 0.323 e. The first kappa shape index (κ1) is 12.0. The van der Waals surface area contributed by atoms with Gasteiger partial charge < -0.3 is 5.73 Å². The van der Waals surface area contributed by atoms with Crippen LogP contribution in [-0.2, 0) is 0 Å². The molecule has 15 heavy (non-hydrogen) atoms. The second-order valence-corrected chi connectivity index (χ2v) is 4.60. The normalized spacial score (nSPS) is 14.1. The first-order valence-corrected chi connectivity index (χ1v) is 4.64. The van der Waals surface area contributed by atoms with Crippen LogP contribution in [0.5, 0.6) is 0 Å². The zero-order valence-corrected chi connectivity index (χ0v) is 8.94. The van der Waals surface area contributed by atoms with E-state index >= 15 is 0 Å². The van der Waals surface area contributed by atoms with Gasteiger partial charge in [0.05, 0.1) is 0 Å². The quantitative estimate of drug-likeness (QED) is 0.718. The highest BCUT2D eigenvalue weighted by Crippen LogP contribution is 2.33. The van der Waals surface area contributed by atoms with E-state index in [9.17, 15) is 13.2 Å². The molecule has 2 N–H and O–H groups in total. The second kappa shape index (κ2) is 3.85. The summed E-state index contributed by atoms with van der Waals surface area (Å²) in [5.41, 5.74) is 4.78. The van der Waals surface area contributed by atoms with Gasteiger partial charge in [-0.2, -0.15) is 0 Å². The smallest absolute Gasteiger partial charge is 0.166 e. The molecule has 0 bridgehead atoms. The Kier molecular flexibility index (Phi) is 3.09. The van der Waals surface area contributed by atoms with Crippen LogP contribution in [0.4, 0.5) is 13.2 Å². The van der Waals surface area contributed by atoms with Crippen molar-refractivity contribution in [3.05, 3.63) is 35.1 Å². The van der Waals surface area contributed by atoms with E-state index in [1.807, 2.05) is 0 Å². The van der Waals surface area contributed by atoms with E-state index in [0.29, 0.717) is 0 Å². The van der Waals surface area contributed by atoms with Gasteiger partial charge in [0.1, 0.15) is 5.82 Å². The number of benzene rings is 1. The fourth-order valence-corrected chi connectivity index (χ4v) is 1.26. The molecule has 1 unspecified atom stereocenters. The summed E-state index contributed by atoms with van der Waals surface area (Å²) in [6.45, 7) is 5.21. The Hall–Kier alpha value is -1.03. The van der Waals surface area contributed by atoms with Crippen molar-refractivity contribution in [1.82, 2.24) is 0 Å². The van der Waals surface area contributed by atoms with Gasteiger partial charge >= 0.3 is 0 Å². The summed E-state index contributed by atoms with van der Waals surface area (Å²) in [4.78, 5) is 0. The maximum atomic E-state index is 13.3. The zero-order chi connectivity index (χ0) is 11.8. The molecule has 0 heterocycles. The topological polar surface area (TPSA) is 26.0 Å². The molecule has 1 rings (SSSR count). The van der Waals surface area contributed by atoms with Gasteiger partial charge in [-0.3, -0.25) is 0 Å². The number of rotatable bonds is 1. The van der Waals surface area contributed by atoms with Crippen molar-refractivity contribution in [3.63, 3.8) is 0 Å². The van der Waals surface area contributed by atoms with Crippen LogP contribution in [0.3, 0.4) is 0 Å². The molecule has 0 aliphatic heterocycles. The Labute approximate surface area is 87.1 Å². The van der Waals surface area contributed by atoms with Crippen LogP contribution in [0, 0.1) is 22.9 Å². The molecule has 1 aromatic rings.